The van der Waals surface area contributed by atoms with Crippen LogP contribution >= 0.6 is 11.6 Å². The minimum Gasteiger partial charge on any atom is -0.484 e. The Balaban J connectivity index is 1.81. The van der Waals surface area contributed by atoms with Gasteiger partial charge in [0.15, 0.2) is 12.7 Å². The van der Waals surface area contributed by atoms with E-state index in [4.69, 9.17) is 21.1 Å². The van der Waals surface area contributed by atoms with Gasteiger partial charge >= 0.3 is 0 Å². The average molecular weight is 391 g/mol. The van der Waals surface area contributed by atoms with Gasteiger partial charge in [0, 0.05) is 5.02 Å². The van der Waals surface area contributed by atoms with Crippen LogP contribution in [0.3, 0.4) is 0 Å². The standard InChI is InChI=1S/C20H23ClN2O4/c1-4-17(27-15-8-6-5-7-9-15)20(25)23-22-18(24)12-26-16-10-13(2)19(21)14(3)11-16/h5-11,17H,4,12H2,1-3H3,(H,22,24)(H,23,25). The van der Waals surface area contributed by atoms with E-state index in [0.29, 0.717) is 22.9 Å². The van der Waals surface area contributed by atoms with Crippen molar-refractivity contribution in [2.75, 3.05) is 6.61 Å². The van der Waals surface area contributed by atoms with Crippen LogP contribution in [0.2, 0.25) is 5.02 Å². The van der Waals surface area contributed by atoms with Gasteiger partial charge in [0.25, 0.3) is 11.8 Å². The lowest BCUT2D eigenvalue weighted by molar-refractivity contribution is -0.134. The molecule has 1 unspecified atom stereocenters. The summed E-state index contributed by atoms with van der Waals surface area (Å²) in [7, 11) is 0. The first kappa shape index (κ1) is 20.6. The van der Waals surface area contributed by atoms with Crippen LogP contribution in [0.25, 0.3) is 0 Å². The lowest BCUT2D eigenvalue weighted by atomic mass is 10.1. The Hall–Kier alpha value is -2.73. The fourth-order valence-electron chi connectivity index (χ4n) is 2.37. The molecule has 2 aromatic rings. The van der Waals surface area contributed by atoms with Crippen molar-refractivity contribution in [3.8, 4) is 11.5 Å². The molecule has 0 radical (unpaired) electrons. The monoisotopic (exact) mass is 390 g/mol. The van der Waals surface area contributed by atoms with Crippen LogP contribution in [0, 0.1) is 13.8 Å². The topological polar surface area (TPSA) is 76.7 Å². The van der Waals surface area contributed by atoms with Crippen molar-refractivity contribution in [1.82, 2.24) is 10.9 Å². The van der Waals surface area contributed by atoms with E-state index in [1.54, 1.807) is 24.3 Å². The maximum atomic E-state index is 12.2. The molecule has 0 fully saturated rings. The lowest BCUT2D eigenvalue weighted by Gasteiger charge is -2.17. The highest BCUT2D eigenvalue weighted by molar-refractivity contribution is 6.32. The molecular weight excluding hydrogens is 368 g/mol. The van der Waals surface area contributed by atoms with Crippen molar-refractivity contribution in [2.24, 2.45) is 0 Å². The second-order valence-electron chi connectivity index (χ2n) is 6.02. The molecule has 1 atom stereocenters. The van der Waals surface area contributed by atoms with Crippen LogP contribution < -0.4 is 20.3 Å². The number of hydrogen-bond donors (Lipinski definition) is 2. The third-order valence-electron chi connectivity index (χ3n) is 3.79. The summed E-state index contributed by atoms with van der Waals surface area (Å²) in [6.07, 6.45) is -0.258. The van der Waals surface area contributed by atoms with E-state index >= 15 is 0 Å². The summed E-state index contributed by atoms with van der Waals surface area (Å²) in [4.78, 5) is 24.1. The molecule has 0 aliphatic carbocycles. The van der Waals surface area contributed by atoms with E-state index < -0.39 is 17.9 Å². The zero-order valence-electron chi connectivity index (χ0n) is 15.5. The van der Waals surface area contributed by atoms with Crippen molar-refractivity contribution < 1.29 is 19.1 Å². The summed E-state index contributed by atoms with van der Waals surface area (Å²) in [5.74, 6) is 0.202. The summed E-state index contributed by atoms with van der Waals surface area (Å²) in [5, 5.41) is 0.670. The normalized spacial score (nSPS) is 11.4. The number of aryl methyl sites for hydroxylation is 2. The van der Waals surface area contributed by atoms with E-state index in [9.17, 15) is 9.59 Å². The maximum absolute atomic E-state index is 12.2. The molecule has 0 saturated carbocycles. The predicted molar refractivity (Wildman–Crippen MR) is 104 cm³/mol. The number of nitrogens with one attached hydrogen (secondary N) is 2. The molecule has 0 saturated heterocycles. The number of amides is 2. The Bertz CT molecular complexity index is 773. The molecule has 27 heavy (non-hydrogen) atoms. The second-order valence-corrected chi connectivity index (χ2v) is 6.40. The number of carbonyl (C=O) groups is 2. The third kappa shape index (κ3) is 6.18. The molecule has 0 bridgehead atoms. The van der Waals surface area contributed by atoms with Gasteiger partial charge in [-0.25, -0.2) is 0 Å². The molecule has 0 spiro atoms. The molecule has 2 aromatic carbocycles. The van der Waals surface area contributed by atoms with Gasteiger partial charge in [-0.2, -0.15) is 0 Å². The van der Waals surface area contributed by atoms with Crippen molar-refractivity contribution in [3.63, 3.8) is 0 Å². The van der Waals surface area contributed by atoms with Gasteiger partial charge in [0.2, 0.25) is 0 Å². The Morgan fingerprint density at radius 3 is 2.26 bits per heavy atom. The molecule has 0 aromatic heterocycles. The molecule has 2 amide bonds. The van der Waals surface area contributed by atoms with Gasteiger partial charge in [0.05, 0.1) is 0 Å². The van der Waals surface area contributed by atoms with Gasteiger partial charge in [-0.3, -0.25) is 20.4 Å². The van der Waals surface area contributed by atoms with Gasteiger partial charge in [-0.1, -0.05) is 36.7 Å². The van der Waals surface area contributed by atoms with Crippen molar-refractivity contribution in [1.29, 1.82) is 0 Å². The van der Waals surface area contributed by atoms with Crippen LogP contribution in [-0.4, -0.2) is 24.5 Å². The molecule has 2 rings (SSSR count). The number of ether oxygens (including phenoxy) is 2. The Kier molecular flexibility index (Phi) is 7.49. The van der Waals surface area contributed by atoms with Crippen molar-refractivity contribution >= 4 is 23.4 Å². The highest BCUT2D eigenvalue weighted by atomic mass is 35.5. The van der Waals surface area contributed by atoms with Crippen LogP contribution in [0.5, 0.6) is 11.5 Å². The molecule has 7 heteroatoms. The number of halogens is 1. The minimum absolute atomic E-state index is 0.239. The summed E-state index contributed by atoms with van der Waals surface area (Å²) in [6, 6.07) is 12.5. The highest BCUT2D eigenvalue weighted by Crippen LogP contribution is 2.25. The number of para-hydroxylation sites is 1. The quantitative estimate of drug-likeness (QED) is 0.711. The fourth-order valence-corrected chi connectivity index (χ4v) is 2.48. The zero-order valence-corrected chi connectivity index (χ0v) is 16.3. The number of hydrogen-bond acceptors (Lipinski definition) is 4. The third-order valence-corrected chi connectivity index (χ3v) is 4.39. The Morgan fingerprint density at radius 1 is 1.04 bits per heavy atom. The lowest BCUT2D eigenvalue weighted by Crippen LogP contribution is -2.49. The smallest absolute Gasteiger partial charge is 0.279 e. The SMILES string of the molecule is CCC(Oc1ccccc1)C(=O)NNC(=O)COc1cc(C)c(Cl)c(C)c1. The van der Waals surface area contributed by atoms with Crippen LogP contribution in [0.4, 0.5) is 0 Å². The summed E-state index contributed by atoms with van der Waals surface area (Å²) >= 11 is 6.10. The number of hydrazine groups is 1. The maximum Gasteiger partial charge on any atom is 0.279 e. The average Bonchev–Trinajstić information content (AvgIpc) is 2.67. The summed E-state index contributed by atoms with van der Waals surface area (Å²) < 4.78 is 11.1. The number of benzene rings is 2. The van der Waals surface area contributed by atoms with Crippen LogP contribution in [-0.2, 0) is 9.59 Å². The van der Waals surface area contributed by atoms with E-state index in [0.717, 1.165) is 11.1 Å². The van der Waals surface area contributed by atoms with Gasteiger partial charge in [0.1, 0.15) is 11.5 Å². The second kappa shape index (κ2) is 9.83. The first-order valence-corrected chi connectivity index (χ1v) is 8.98. The van der Waals surface area contributed by atoms with E-state index in [2.05, 4.69) is 10.9 Å². The fraction of sp³-hybridized carbons (Fsp3) is 0.300. The van der Waals surface area contributed by atoms with Crippen molar-refractivity contribution in [3.05, 3.63) is 58.6 Å². The zero-order chi connectivity index (χ0) is 19.8. The molecule has 2 N–H and O–H groups in total. The Morgan fingerprint density at radius 2 is 1.67 bits per heavy atom. The number of carbonyl (C=O) groups excluding carboxylic acids is 2. The molecule has 0 heterocycles. The summed E-state index contributed by atoms with van der Waals surface area (Å²) in [5.41, 5.74) is 6.41. The minimum atomic E-state index is -0.713. The molecule has 0 aliphatic rings. The largest absolute Gasteiger partial charge is 0.484 e. The van der Waals surface area contributed by atoms with Gasteiger partial charge in [-0.05, 0) is 55.7 Å². The number of rotatable bonds is 7. The van der Waals surface area contributed by atoms with Gasteiger partial charge in [-0.15, -0.1) is 0 Å². The Labute approximate surface area is 163 Å². The predicted octanol–water partition coefficient (Wildman–Crippen LogP) is 3.34. The van der Waals surface area contributed by atoms with E-state index in [1.807, 2.05) is 39.0 Å². The van der Waals surface area contributed by atoms with Crippen LogP contribution in [0.15, 0.2) is 42.5 Å². The molecular formula is C20H23ClN2O4. The van der Waals surface area contributed by atoms with Crippen LogP contribution in [0.1, 0.15) is 24.5 Å². The molecule has 0 aliphatic heterocycles. The van der Waals surface area contributed by atoms with E-state index in [-0.39, 0.29) is 6.61 Å². The molecule has 144 valence electrons. The van der Waals surface area contributed by atoms with E-state index in [1.165, 1.54) is 0 Å². The van der Waals surface area contributed by atoms with Gasteiger partial charge < -0.3 is 9.47 Å². The first-order valence-electron chi connectivity index (χ1n) is 8.60. The van der Waals surface area contributed by atoms with Crippen molar-refractivity contribution in [2.45, 2.75) is 33.3 Å². The highest BCUT2D eigenvalue weighted by Gasteiger charge is 2.19. The summed E-state index contributed by atoms with van der Waals surface area (Å²) in [6.45, 7) is 5.31. The first-order chi connectivity index (χ1) is 12.9. The molecule has 6 nitrogen and oxygen atoms in total.